The predicted molar refractivity (Wildman–Crippen MR) is 69.1 cm³/mol. The molecule has 1 aromatic rings. The Balaban J connectivity index is 2.03. The summed E-state index contributed by atoms with van der Waals surface area (Å²) in [5.74, 6) is 0.0810. The molecule has 1 nitrogen and oxygen atoms in total. The summed E-state index contributed by atoms with van der Waals surface area (Å²) < 4.78 is 36.4. The number of rotatable bonds is 4. The van der Waals surface area contributed by atoms with Crippen LogP contribution in [0.4, 0.5) is 13.2 Å². The van der Waals surface area contributed by atoms with Gasteiger partial charge in [0.15, 0.2) is 0 Å². The van der Waals surface area contributed by atoms with E-state index < -0.39 is 5.51 Å². The summed E-state index contributed by atoms with van der Waals surface area (Å²) in [5, 5.41) is 3.76. The van der Waals surface area contributed by atoms with Crippen molar-refractivity contribution in [2.75, 3.05) is 18.8 Å². The number of hydrogen-bond acceptors (Lipinski definition) is 2. The van der Waals surface area contributed by atoms with Gasteiger partial charge in [-0.1, -0.05) is 35.5 Å². The Kier molecular flexibility index (Phi) is 4.14. The van der Waals surface area contributed by atoms with E-state index in [-0.39, 0.29) is 22.9 Å². The minimum absolute atomic E-state index is 0.0478. The highest BCUT2D eigenvalue weighted by molar-refractivity contribution is 8.00. The van der Waals surface area contributed by atoms with Gasteiger partial charge in [0.1, 0.15) is 0 Å². The van der Waals surface area contributed by atoms with E-state index in [9.17, 15) is 13.2 Å². The molecule has 0 radical (unpaired) electrons. The first kappa shape index (κ1) is 14.0. The van der Waals surface area contributed by atoms with Crippen LogP contribution in [0.3, 0.4) is 0 Å². The van der Waals surface area contributed by atoms with E-state index in [1.54, 1.807) is 6.07 Å². The van der Waals surface area contributed by atoms with Gasteiger partial charge in [0.05, 0.1) is 0 Å². The summed E-state index contributed by atoms with van der Waals surface area (Å²) in [5.41, 5.74) is -3.31. The first-order valence-corrected chi connectivity index (χ1v) is 6.95. The van der Waals surface area contributed by atoms with Gasteiger partial charge >= 0.3 is 5.51 Å². The van der Waals surface area contributed by atoms with Gasteiger partial charge in [-0.05, 0) is 24.1 Å². The van der Waals surface area contributed by atoms with E-state index in [4.69, 9.17) is 11.6 Å². The van der Waals surface area contributed by atoms with Crippen molar-refractivity contribution in [1.29, 1.82) is 0 Å². The van der Waals surface area contributed by atoms with Crippen molar-refractivity contribution in [2.24, 2.45) is 0 Å². The van der Waals surface area contributed by atoms with Gasteiger partial charge in [0, 0.05) is 29.3 Å². The van der Waals surface area contributed by atoms with Crippen LogP contribution >= 0.6 is 23.4 Å². The average Bonchev–Trinajstić information content (AvgIpc) is 2.20. The number of thioether (sulfide) groups is 1. The van der Waals surface area contributed by atoms with Crippen molar-refractivity contribution in [3.05, 3.63) is 34.9 Å². The molecule has 1 aromatic carbocycles. The molecule has 0 aliphatic carbocycles. The van der Waals surface area contributed by atoms with Crippen LogP contribution in [0.15, 0.2) is 24.3 Å². The molecule has 0 aromatic heterocycles. The Morgan fingerprint density at radius 1 is 1.33 bits per heavy atom. The highest BCUT2D eigenvalue weighted by Gasteiger charge is 2.39. The molecule has 1 aliphatic rings. The molecule has 1 saturated heterocycles. The zero-order valence-electron chi connectivity index (χ0n) is 9.56. The molecular weight excluding hydrogens is 283 g/mol. The normalized spacial score (nSPS) is 18.4. The quantitative estimate of drug-likeness (QED) is 0.906. The van der Waals surface area contributed by atoms with E-state index in [1.807, 2.05) is 18.2 Å². The van der Waals surface area contributed by atoms with E-state index in [0.717, 1.165) is 5.56 Å². The van der Waals surface area contributed by atoms with Crippen molar-refractivity contribution in [3.63, 3.8) is 0 Å². The summed E-state index contributed by atoms with van der Waals surface area (Å²) in [6.45, 7) is 1.43. The van der Waals surface area contributed by atoms with Gasteiger partial charge in [-0.15, -0.1) is 0 Å². The molecule has 0 amide bonds. The largest absolute Gasteiger partial charge is 0.441 e. The zero-order valence-corrected chi connectivity index (χ0v) is 11.1. The average molecular weight is 296 g/mol. The molecule has 100 valence electrons. The molecule has 0 saturated carbocycles. The summed E-state index contributed by atoms with van der Waals surface area (Å²) >= 11 is 5.98. The van der Waals surface area contributed by atoms with Gasteiger partial charge in [-0.2, -0.15) is 13.2 Å². The van der Waals surface area contributed by atoms with Crippen LogP contribution in [0.1, 0.15) is 12.0 Å². The zero-order chi connectivity index (χ0) is 13.2. The molecule has 1 heterocycles. The van der Waals surface area contributed by atoms with Crippen LogP contribution < -0.4 is 5.32 Å². The first-order valence-electron chi connectivity index (χ1n) is 5.59. The molecule has 0 atom stereocenters. The number of hydrogen-bond donors (Lipinski definition) is 1. The molecule has 0 unspecified atom stereocenters. The summed E-state index contributed by atoms with van der Waals surface area (Å²) in [6, 6.07) is 7.40. The highest BCUT2D eigenvalue weighted by Crippen LogP contribution is 2.38. The van der Waals surface area contributed by atoms with Gasteiger partial charge < -0.3 is 5.32 Å². The van der Waals surface area contributed by atoms with E-state index in [2.05, 4.69) is 5.32 Å². The van der Waals surface area contributed by atoms with Crippen LogP contribution in [-0.2, 0) is 5.41 Å². The second-order valence-electron chi connectivity index (χ2n) is 4.44. The number of benzene rings is 1. The Hall–Kier alpha value is -0.390. The third kappa shape index (κ3) is 3.33. The van der Waals surface area contributed by atoms with E-state index >= 15 is 0 Å². The number of halogens is 4. The first-order chi connectivity index (χ1) is 8.41. The third-order valence-electron chi connectivity index (χ3n) is 3.21. The van der Waals surface area contributed by atoms with E-state index in [0.29, 0.717) is 24.5 Å². The fourth-order valence-electron chi connectivity index (χ4n) is 2.13. The van der Waals surface area contributed by atoms with Gasteiger partial charge in [0.2, 0.25) is 0 Å². The van der Waals surface area contributed by atoms with Crippen molar-refractivity contribution in [3.8, 4) is 0 Å². The monoisotopic (exact) mass is 295 g/mol. The molecule has 6 heteroatoms. The summed E-state index contributed by atoms with van der Waals surface area (Å²) in [7, 11) is 0. The van der Waals surface area contributed by atoms with Gasteiger partial charge in [-0.25, -0.2) is 0 Å². The lowest BCUT2D eigenvalue weighted by molar-refractivity contribution is -0.0329. The smallest absolute Gasteiger partial charge is 0.315 e. The highest BCUT2D eigenvalue weighted by atomic mass is 35.5. The Morgan fingerprint density at radius 3 is 2.56 bits per heavy atom. The molecular formula is C12H13ClF3NS. The Morgan fingerprint density at radius 2 is 2.06 bits per heavy atom. The molecule has 0 spiro atoms. The lowest BCUT2D eigenvalue weighted by atomic mass is 9.73. The number of alkyl halides is 3. The summed E-state index contributed by atoms with van der Waals surface area (Å²) in [6.07, 6.45) is 0.504. The molecule has 0 bridgehead atoms. The SMILES string of the molecule is FC(F)(F)SCCC1(c2cccc(Cl)c2)CNC1. The molecule has 1 aliphatic heterocycles. The fourth-order valence-corrected chi connectivity index (χ4v) is 3.05. The topological polar surface area (TPSA) is 12.0 Å². The predicted octanol–water partition coefficient (Wildman–Crippen LogP) is 3.82. The van der Waals surface area contributed by atoms with Crippen molar-refractivity contribution in [1.82, 2.24) is 5.32 Å². The maximum Gasteiger partial charge on any atom is 0.441 e. The molecule has 1 fully saturated rings. The summed E-state index contributed by atoms with van der Waals surface area (Å²) in [4.78, 5) is 0. The van der Waals surface area contributed by atoms with Gasteiger partial charge in [-0.3, -0.25) is 0 Å². The standard InChI is InChI=1S/C12H13ClF3NS/c13-10-3-1-2-9(6-10)11(7-17-8-11)4-5-18-12(14,15)16/h1-3,6,17H,4-5,7-8H2. The molecule has 18 heavy (non-hydrogen) atoms. The third-order valence-corrected chi connectivity index (χ3v) is 4.18. The fraction of sp³-hybridized carbons (Fsp3) is 0.500. The second kappa shape index (κ2) is 5.31. The second-order valence-corrected chi connectivity index (χ2v) is 6.03. The maximum atomic E-state index is 12.1. The minimum Gasteiger partial charge on any atom is -0.315 e. The van der Waals surface area contributed by atoms with Gasteiger partial charge in [0.25, 0.3) is 0 Å². The van der Waals surface area contributed by atoms with Crippen LogP contribution in [0.25, 0.3) is 0 Å². The molecule has 1 N–H and O–H groups in total. The van der Waals surface area contributed by atoms with Crippen LogP contribution in [0, 0.1) is 0 Å². The lowest BCUT2D eigenvalue weighted by Gasteiger charge is -2.43. The number of nitrogens with one attached hydrogen (secondary N) is 1. The van der Waals surface area contributed by atoms with Crippen LogP contribution in [0.2, 0.25) is 5.02 Å². The Labute approximate surface area is 113 Å². The molecule has 2 rings (SSSR count). The lowest BCUT2D eigenvalue weighted by Crippen LogP contribution is -2.57. The Bertz CT molecular complexity index is 418. The van der Waals surface area contributed by atoms with Crippen LogP contribution in [0.5, 0.6) is 0 Å². The van der Waals surface area contributed by atoms with Crippen molar-refractivity contribution in [2.45, 2.75) is 17.3 Å². The minimum atomic E-state index is -4.15. The maximum absolute atomic E-state index is 12.1. The van der Waals surface area contributed by atoms with Crippen LogP contribution in [-0.4, -0.2) is 24.4 Å². The van der Waals surface area contributed by atoms with Crippen molar-refractivity contribution < 1.29 is 13.2 Å². The van der Waals surface area contributed by atoms with Crippen molar-refractivity contribution >= 4 is 23.4 Å². The van der Waals surface area contributed by atoms with E-state index in [1.165, 1.54) is 0 Å².